The van der Waals surface area contributed by atoms with E-state index in [2.05, 4.69) is 0 Å². The highest BCUT2D eigenvalue weighted by Gasteiger charge is 2.26. The SMILES string of the molecule is Cc1cscc1C(O)C(O)C(=O)O. The molecule has 0 aromatic carbocycles. The van der Waals surface area contributed by atoms with Gasteiger partial charge in [0.1, 0.15) is 6.10 Å². The molecule has 2 unspecified atom stereocenters. The first-order valence-corrected chi connectivity index (χ1v) is 4.60. The topological polar surface area (TPSA) is 77.8 Å². The van der Waals surface area contributed by atoms with Gasteiger partial charge in [-0.25, -0.2) is 4.79 Å². The smallest absolute Gasteiger partial charge is 0.335 e. The van der Waals surface area contributed by atoms with Gasteiger partial charge in [0.15, 0.2) is 6.10 Å². The first kappa shape index (κ1) is 10.2. The van der Waals surface area contributed by atoms with E-state index < -0.39 is 18.2 Å². The number of hydrogen-bond acceptors (Lipinski definition) is 4. The molecule has 0 saturated heterocycles. The molecule has 0 aliphatic heterocycles. The standard InChI is InChI=1S/C8H10O4S/c1-4-2-13-3-5(4)6(9)7(10)8(11)12/h2-3,6-7,9-10H,1H3,(H,11,12). The van der Waals surface area contributed by atoms with Crippen molar-refractivity contribution >= 4 is 17.3 Å². The number of aliphatic hydroxyl groups is 2. The number of hydrogen-bond donors (Lipinski definition) is 3. The maximum Gasteiger partial charge on any atom is 0.335 e. The molecule has 2 atom stereocenters. The van der Waals surface area contributed by atoms with Crippen molar-refractivity contribution in [1.29, 1.82) is 0 Å². The number of aryl methyl sites for hydroxylation is 1. The lowest BCUT2D eigenvalue weighted by atomic mass is 10.0. The highest BCUT2D eigenvalue weighted by atomic mass is 32.1. The van der Waals surface area contributed by atoms with E-state index in [-0.39, 0.29) is 0 Å². The normalized spacial score (nSPS) is 15.3. The lowest BCUT2D eigenvalue weighted by Crippen LogP contribution is -2.27. The van der Waals surface area contributed by atoms with Crippen LogP contribution in [0, 0.1) is 6.92 Å². The predicted molar refractivity (Wildman–Crippen MR) is 47.7 cm³/mol. The molecule has 0 aliphatic carbocycles. The summed E-state index contributed by atoms with van der Waals surface area (Å²) < 4.78 is 0. The van der Waals surface area contributed by atoms with Gasteiger partial charge in [0.05, 0.1) is 0 Å². The second kappa shape index (κ2) is 3.87. The van der Waals surface area contributed by atoms with Crippen LogP contribution in [0.15, 0.2) is 10.8 Å². The first-order valence-electron chi connectivity index (χ1n) is 3.65. The Labute approximate surface area is 79.1 Å². The largest absolute Gasteiger partial charge is 0.479 e. The summed E-state index contributed by atoms with van der Waals surface area (Å²) >= 11 is 1.36. The molecule has 72 valence electrons. The molecule has 0 spiro atoms. The van der Waals surface area contributed by atoms with Crippen molar-refractivity contribution in [3.05, 3.63) is 21.9 Å². The molecular weight excluding hydrogens is 192 g/mol. The first-order chi connectivity index (χ1) is 6.04. The number of carboxylic acids is 1. The minimum Gasteiger partial charge on any atom is -0.479 e. The fourth-order valence-electron chi connectivity index (χ4n) is 0.978. The molecule has 1 rings (SSSR count). The van der Waals surface area contributed by atoms with Gasteiger partial charge in [-0.15, -0.1) is 0 Å². The summed E-state index contributed by atoms with van der Waals surface area (Å²) in [4.78, 5) is 10.3. The summed E-state index contributed by atoms with van der Waals surface area (Å²) in [5.74, 6) is -1.42. The van der Waals surface area contributed by atoms with Crippen LogP contribution in [-0.4, -0.2) is 27.4 Å². The fourth-order valence-corrected chi connectivity index (χ4v) is 1.86. The van der Waals surface area contributed by atoms with Gasteiger partial charge in [0, 0.05) is 0 Å². The molecular formula is C8H10O4S. The van der Waals surface area contributed by atoms with E-state index in [4.69, 9.17) is 10.2 Å². The second-order valence-corrected chi connectivity index (χ2v) is 3.48. The minimum absolute atomic E-state index is 0.472. The summed E-state index contributed by atoms with van der Waals surface area (Å²) in [6.45, 7) is 1.75. The molecule has 4 nitrogen and oxygen atoms in total. The summed E-state index contributed by atoms with van der Waals surface area (Å²) in [5, 5.41) is 30.3. The quantitative estimate of drug-likeness (QED) is 0.668. The van der Waals surface area contributed by atoms with Crippen LogP contribution in [0.25, 0.3) is 0 Å². The minimum atomic E-state index is -1.76. The zero-order valence-corrected chi connectivity index (χ0v) is 7.78. The van der Waals surface area contributed by atoms with E-state index in [0.29, 0.717) is 5.56 Å². The van der Waals surface area contributed by atoms with Crippen LogP contribution in [0.1, 0.15) is 17.2 Å². The van der Waals surface area contributed by atoms with E-state index in [1.54, 1.807) is 17.7 Å². The molecule has 0 radical (unpaired) electrons. The molecule has 1 aromatic heterocycles. The van der Waals surface area contributed by atoms with Crippen molar-refractivity contribution in [3.8, 4) is 0 Å². The van der Waals surface area contributed by atoms with Gasteiger partial charge in [-0.1, -0.05) is 0 Å². The molecule has 0 aliphatic rings. The van der Waals surface area contributed by atoms with E-state index in [1.165, 1.54) is 11.3 Å². The molecule has 1 aromatic rings. The third kappa shape index (κ3) is 2.06. The molecule has 13 heavy (non-hydrogen) atoms. The Morgan fingerprint density at radius 3 is 2.46 bits per heavy atom. The van der Waals surface area contributed by atoms with Crippen LogP contribution < -0.4 is 0 Å². The van der Waals surface area contributed by atoms with Crippen molar-refractivity contribution in [1.82, 2.24) is 0 Å². The van der Waals surface area contributed by atoms with Crippen molar-refractivity contribution in [2.24, 2.45) is 0 Å². The average Bonchev–Trinajstić information content (AvgIpc) is 2.48. The van der Waals surface area contributed by atoms with Gasteiger partial charge >= 0.3 is 5.97 Å². The number of carbonyl (C=O) groups is 1. The van der Waals surface area contributed by atoms with Crippen molar-refractivity contribution in [2.45, 2.75) is 19.1 Å². The van der Waals surface area contributed by atoms with Gasteiger partial charge in [-0.05, 0) is 28.8 Å². The van der Waals surface area contributed by atoms with Crippen molar-refractivity contribution in [3.63, 3.8) is 0 Å². The van der Waals surface area contributed by atoms with Crippen molar-refractivity contribution in [2.75, 3.05) is 0 Å². The maximum atomic E-state index is 10.3. The molecule has 1 heterocycles. The van der Waals surface area contributed by atoms with E-state index in [1.807, 2.05) is 0 Å². The number of rotatable bonds is 3. The highest BCUT2D eigenvalue weighted by molar-refractivity contribution is 7.08. The van der Waals surface area contributed by atoms with Crippen LogP contribution in [0.2, 0.25) is 0 Å². The van der Waals surface area contributed by atoms with Crippen molar-refractivity contribution < 1.29 is 20.1 Å². The monoisotopic (exact) mass is 202 g/mol. The number of thiophene rings is 1. The van der Waals surface area contributed by atoms with Crippen LogP contribution in [0.3, 0.4) is 0 Å². The fraction of sp³-hybridized carbons (Fsp3) is 0.375. The third-order valence-electron chi connectivity index (χ3n) is 1.77. The Morgan fingerprint density at radius 1 is 1.46 bits per heavy atom. The Hall–Kier alpha value is -0.910. The highest BCUT2D eigenvalue weighted by Crippen LogP contribution is 2.24. The lowest BCUT2D eigenvalue weighted by molar-refractivity contribution is -0.153. The number of aliphatic carboxylic acids is 1. The summed E-state index contributed by atoms with van der Waals surface area (Å²) in [7, 11) is 0. The Balaban J connectivity index is 2.85. The number of carboxylic acid groups (broad SMARTS) is 1. The zero-order valence-electron chi connectivity index (χ0n) is 6.97. The Bertz CT molecular complexity index is 307. The molecule has 5 heteroatoms. The lowest BCUT2D eigenvalue weighted by Gasteiger charge is -2.13. The summed E-state index contributed by atoms with van der Waals surface area (Å²) in [6.07, 6.45) is -3.10. The molecule has 0 bridgehead atoms. The van der Waals surface area contributed by atoms with E-state index in [9.17, 15) is 9.90 Å². The molecule has 3 N–H and O–H groups in total. The summed E-state index contributed by atoms with van der Waals surface area (Å²) in [6, 6.07) is 0. The van der Waals surface area contributed by atoms with Gasteiger partial charge < -0.3 is 15.3 Å². The average molecular weight is 202 g/mol. The van der Waals surface area contributed by atoms with Gasteiger partial charge in [-0.2, -0.15) is 11.3 Å². The van der Waals surface area contributed by atoms with Crippen LogP contribution in [-0.2, 0) is 4.79 Å². The predicted octanol–water partition coefficient (Wildman–Crippen LogP) is 0.535. The maximum absolute atomic E-state index is 10.3. The second-order valence-electron chi connectivity index (χ2n) is 2.74. The van der Waals surface area contributed by atoms with E-state index >= 15 is 0 Å². The van der Waals surface area contributed by atoms with Crippen LogP contribution in [0.5, 0.6) is 0 Å². The zero-order chi connectivity index (χ0) is 10.0. The Kier molecular flexibility index (Phi) is 3.02. The summed E-state index contributed by atoms with van der Waals surface area (Å²) in [5.41, 5.74) is 1.26. The van der Waals surface area contributed by atoms with Gasteiger partial charge in [-0.3, -0.25) is 0 Å². The number of aliphatic hydroxyl groups excluding tert-OH is 2. The third-order valence-corrected chi connectivity index (χ3v) is 2.65. The van der Waals surface area contributed by atoms with Crippen LogP contribution in [0.4, 0.5) is 0 Å². The van der Waals surface area contributed by atoms with Gasteiger partial charge in [0.25, 0.3) is 0 Å². The molecule has 0 amide bonds. The van der Waals surface area contributed by atoms with Crippen LogP contribution >= 0.6 is 11.3 Å². The van der Waals surface area contributed by atoms with Gasteiger partial charge in [0.2, 0.25) is 0 Å². The van der Waals surface area contributed by atoms with E-state index in [0.717, 1.165) is 5.56 Å². The molecule has 0 saturated carbocycles. The Morgan fingerprint density at radius 2 is 2.08 bits per heavy atom. The molecule has 0 fully saturated rings.